The minimum Gasteiger partial charge on any atom is -0.299 e. The van der Waals surface area contributed by atoms with E-state index >= 15 is 0 Å². The Bertz CT molecular complexity index is 316. The smallest absolute Gasteiger partial charge is 0.0267 e. The van der Waals surface area contributed by atoms with Gasteiger partial charge >= 0.3 is 0 Å². The first-order chi connectivity index (χ1) is 7.25. The molecule has 0 N–H and O–H groups in total. The predicted octanol–water partition coefficient (Wildman–Crippen LogP) is 2.98. The van der Waals surface area contributed by atoms with E-state index in [-0.39, 0.29) is 6.40 Å². The van der Waals surface area contributed by atoms with Crippen molar-refractivity contribution < 1.29 is 1.37 Å². The van der Waals surface area contributed by atoms with E-state index < -0.39 is 0 Å². The van der Waals surface area contributed by atoms with Crippen LogP contribution in [0.4, 0.5) is 0 Å². The van der Waals surface area contributed by atoms with Crippen LogP contribution in [-0.4, -0.2) is 18.0 Å². The van der Waals surface area contributed by atoms with Gasteiger partial charge < -0.3 is 0 Å². The molecule has 1 fully saturated rings. The van der Waals surface area contributed by atoms with E-state index in [1.807, 2.05) is 0 Å². The van der Waals surface area contributed by atoms with Crippen LogP contribution < -0.4 is 0 Å². The van der Waals surface area contributed by atoms with Gasteiger partial charge in [0.2, 0.25) is 0 Å². The van der Waals surface area contributed by atoms with Crippen LogP contribution in [0.5, 0.6) is 0 Å². The van der Waals surface area contributed by atoms with Crippen molar-refractivity contribution in [2.24, 2.45) is 0 Å². The number of hydrogen-bond donors (Lipinski definition) is 0. The van der Waals surface area contributed by atoms with E-state index in [0.29, 0.717) is 0 Å². The van der Waals surface area contributed by atoms with Gasteiger partial charge in [-0.2, -0.15) is 0 Å². The zero-order chi connectivity index (χ0) is 10.7. The van der Waals surface area contributed by atoms with Crippen molar-refractivity contribution in [3.63, 3.8) is 0 Å². The minimum atomic E-state index is 0.179. The van der Waals surface area contributed by atoms with Crippen molar-refractivity contribution in [1.82, 2.24) is 4.90 Å². The molecule has 0 bridgehead atoms. The van der Waals surface area contributed by atoms with Crippen molar-refractivity contribution >= 4 is 0 Å². The van der Waals surface area contributed by atoms with Crippen LogP contribution in [0.3, 0.4) is 0 Å². The first kappa shape index (κ1) is 8.49. The first-order valence-electron chi connectivity index (χ1n) is 6.02. The number of benzene rings is 1. The Balaban J connectivity index is 1.95. The maximum atomic E-state index is 7.66. The Morgan fingerprint density at radius 2 is 2.00 bits per heavy atom. The zero-order valence-electron chi connectivity index (χ0n) is 9.87. The molecule has 1 aliphatic heterocycles. The highest BCUT2D eigenvalue weighted by Crippen LogP contribution is 2.15. The topological polar surface area (TPSA) is 3.24 Å². The van der Waals surface area contributed by atoms with E-state index in [0.717, 1.165) is 32.5 Å². The summed E-state index contributed by atoms with van der Waals surface area (Å²) in [5.74, 6) is 0. The summed E-state index contributed by atoms with van der Waals surface area (Å²) in [4.78, 5) is 2.47. The van der Waals surface area contributed by atoms with E-state index in [1.54, 1.807) is 0 Å². The lowest BCUT2D eigenvalue weighted by molar-refractivity contribution is 0.220. The van der Waals surface area contributed by atoms with Crippen molar-refractivity contribution in [2.45, 2.75) is 32.7 Å². The van der Waals surface area contributed by atoms with Crippen LogP contribution in [-0.2, 0) is 6.54 Å². The summed E-state index contributed by atoms with van der Waals surface area (Å²) >= 11 is 0. The second kappa shape index (κ2) is 4.61. The first-order valence-corrected chi connectivity index (χ1v) is 5.45. The minimum absolute atomic E-state index is 0.179. The average Bonchev–Trinajstić information content (AvgIpc) is 2.25. The molecule has 1 nitrogen and oxygen atoms in total. The third kappa shape index (κ3) is 2.36. The van der Waals surface area contributed by atoms with Gasteiger partial charge in [0.25, 0.3) is 0 Å². The van der Waals surface area contributed by atoms with Gasteiger partial charge in [-0.1, -0.05) is 30.7 Å². The van der Waals surface area contributed by atoms with Crippen molar-refractivity contribution in [3.8, 4) is 0 Å². The van der Waals surface area contributed by atoms with E-state index in [9.17, 15) is 0 Å². The van der Waals surface area contributed by atoms with Gasteiger partial charge in [-0.3, -0.25) is 4.90 Å². The quantitative estimate of drug-likeness (QED) is 0.693. The fourth-order valence-electron chi connectivity index (χ4n) is 1.99. The second-order valence-corrected chi connectivity index (χ2v) is 4.07. The van der Waals surface area contributed by atoms with Gasteiger partial charge in [0.1, 0.15) is 0 Å². The van der Waals surface area contributed by atoms with Gasteiger partial charge in [0.05, 0.1) is 0 Å². The molecule has 0 saturated carbocycles. The molecule has 1 aromatic carbocycles. The fraction of sp³-hybridized carbons (Fsp3) is 0.538. The van der Waals surface area contributed by atoms with Crippen LogP contribution in [0, 0.1) is 6.92 Å². The molecule has 0 unspecified atom stereocenters. The van der Waals surface area contributed by atoms with Crippen molar-refractivity contribution in [3.05, 3.63) is 35.4 Å². The molecule has 0 radical (unpaired) electrons. The second-order valence-electron chi connectivity index (χ2n) is 4.07. The SMILES string of the molecule is [2H]C1CCN(Cc2ccccc2C)CC1. The van der Waals surface area contributed by atoms with E-state index in [1.165, 1.54) is 11.1 Å². The van der Waals surface area contributed by atoms with Crippen LogP contribution in [0.15, 0.2) is 24.3 Å². The lowest BCUT2D eigenvalue weighted by Crippen LogP contribution is -2.29. The Hall–Kier alpha value is -0.820. The summed E-state index contributed by atoms with van der Waals surface area (Å²) < 4.78 is 7.66. The largest absolute Gasteiger partial charge is 0.299 e. The van der Waals surface area contributed by atoms with E-state index in [2.05, 4.69) is 36.1 Å². The molecule has 2 rings (SSSR count). The van der Waals surface area contributed by atoms with Crippen LogP contribution >= 0.6 is 0 Å². The number of rotatable bonds is 2. The number of likely N-dealkylation sites (tertiary alicyclic amines) is 1. The highest BCUT2D eigenvalue weighted by atomic mass is 15.1. The third-order valence-electron chi connectivity index (χ3n) is 2.95. The standard InChI is InChI=1S/C13H19N/c1-12-7-3-4-8-13(12)11-14-9-5-2-6-10-14/h3-4,7-8H,2,5-6,9-11H2,1H3/i2D. The van der Waals surface area contributed by atoms with Crippen molar-refractivity contribution in [2.75, 3.05) is 13.1 Å². The molecule has 1 saturated heterocycles. The highest BCUT2D eigenvalue weighted by Gasteiger charge is 2.10. The lowest BCUT2D eigenvalue weighted by atomic mass is 10.1. The molecular weight excluding hydrogens is 170 g/mol. The highest BCUT2D eigenvalue weighted by molar-refractivity contribution is 5.25. The number of piperidine rings is 1. The Kier molecular flexibility index (Phi) is 2.79. The summed E-state index contributed by atoms with van der Waals surface area (Å²) in [6, 6.07) is 8.59. The van der Waals surface area contributed by atoms with Gasteiger partial charge in [0.15, 0.2) is 0 Å². The van der Waals surface area contributed by atoms with Gasteiger partial charge in [0, 0.05) is 7.92 Å². The zero-order valence-corrected chi connectivity index (χ0v) is 8.87. The van der Waals surface area contributed by atoms with Gasteiger partial charge in [-0.25, -0.2) is 0 Å². The molecule has 1 heterocycles. The van der Waals surface area contributed by atoms with Crippen LogP contribution in [0.2, 0.25) is 0 Å². The fourth-order valence-corrected chi connectivity index (χ4v) is 1.99. The summed E-state index contributed by atoms with van der Waals surface area (Å²) in [7, 11) is 0. The third-order valence-corrected chi connectivity index (χ3v) is 2.95. The summed E-state index contributed by atoms with van der Waals surface area (Å²) in [5, 5.41) is 0. The van der Waals surface area contributed by atoms with E-state index in [4.69, 9.17) is 1.37 Å². The molecule has 1 heteroatoms. The van der Waals surface area contributed by atoms with Gasteiger partial charge in [-0.05, 0) is 44.0 Å². The van der Waals surface area contributed by atoms with Crippen LogP contribution in [0.1, 0.15) is 31.7 Å². The molecule has 0 amide bonds. The summed E-state index contributed by atoms with van der Waals surface area (Å²) in [6.45, 7) is 5.40. The molecule has 14 heavy (non-hydrogen) atoms. The molecule has 0 spiro atoms. The molecule has 1 aromatic rings. The Morgan fingerprint density at radius 1 is 1.29 bits per heavy atom. The Labute approximate surface area is 88.1 Å². The average molecular weight is 190 g/mol. The molecule has 76 valence electrons. The molecular formula is C13H19N. The van der Waals surface area contributed by atoms with Crippen molar-refractivity contribution in [1.29, 1.82) is 0 Å². The van der Waals surface area contributed by atoms with Gasteiger partial charge in [-0.15, -0.1) is 0 Å². The molecule has 0 atom stereocenters. The number of aryl methyl sites for hydroxylation is 1. The lowest BCUT2D eigenvalue weighted by Gasteiger charge is -2.26. The summed E-state index contributed by atoms with van der Waals surface area (Å²) in [5.41, 5.74) is 2.81. The number of hydrogen-bond acceptors (Lipinski definition) is 1. The Morgan fingerprint density at radius 3 is 2.71 bits per heavy atom. The predicted molar refractivity (Wildman–Crippen MR) is 60.3 cm³/mol. The molecule has 0 aromatic heterocycles. The summed E-state index contributed by atoms with van der Waals surface area (Å²) in [6.07, 6.45) is 2.25. The normalized spacial score (nSPS) is 20.8. The maximum Gasteiger partial charge on any atom is 0.0267 e. The maximum absolute atomic E-state index is 7.66. The molecule has 0 aliphatic carbocycles. The monoisotopic (exact) mass is 190 g/mol. The van der Waals surface area contributed by atoms with Crippen LogP contribution in [0.25, 0.3) is 0 Å². The number of nitrogens with zero attached hydrogens (tertiary/aromatic N) is 1. The molecule has 1 aliphatic rings.